The molecule has 1 aromatic rings. The van der Waals surface area contributed by atoms with Gasteiger partial charge in [-0.2, -0.15) is 0 Å². The van der Waals surface area contributed by atoms with Gasteiger partial charge >= 0.3 is 0 Å². The van der Waals surface area contributed by atoms with Gasteiger partial charge in [0.05, 0.1) is 12.8 Å². The molecule has 0 atom stereocenters. The van der Waals surface area contributed by atoms with Gasteiger partial charge in [0.2, 0.25) is 0 Å². The van der Waals surface area contributed by atoms with Gasteiger partial charge in [0, 0.05) is 44.3 Å². The molecule has 0 aromatic carbocycles. The van der Waals surface area contributed by atoms with E-state index in [0.717, 1.165) is 45.0 Å². The van der Waals surface area contributed by atoms with Crippen LogP contribution in [0.25, 0.3) is 0 Å². The van der Waals surface area contributed by atoms with Crippen LogP contribution in [0.3, 0.4) is 0 Å². The lowest BCUT2D eigenvalue weighted by Crippen LogP contribution is -2.43. The van der Waals surface area contributed by atoms with Crippen LogP contribution in [0, 0.1) is 0 Å². The number of furan rings is 1. The van der Waals surface area contributed by atoms with Gasteiger partial charge in [0.1, 0.15) is 5.76 Å². The Hall–Kier alpha value is -0.840. The molecule has 1 fully saturated rings. The van der Waals surface area contributed by atoms with Gasteiger partial charge in [-0.05, 0) is 13.1 Å². The molecule has 1 aliphatic rings. The van der Waals surface area contributed by atoms with Crippen LogP contribution < -0.4 is 5.32 Å². The second-order valence-electron chi connectivity index (χ2n) is 5.54. The number of rotatable bonds is 5. The summed E-state index contributed by atoms with van der Waals surface area (Å²) in [6.07, 6.45) is 1.88. The summed E-state index contributed by atoms with van der Waals surface area (Å²) in [7, 11) is 2.18. The summed E-state index contributed by atoms with van der Waals surface area (Å²) in [6, 6.07) is 2.69. The van der Waals surface area contributed by atoms with Crippen LogP contribution >= 0.6 is 0 Å². The van der Waals surface area contributed by atoms with E-state index in [4.69, 9.17) is 4.42 Å². The van der Waals surface area contributed by atoms with Gasteiger partial charge in [0.15, 0.2) is 0 Å². The summed E-state index contributed by atoms with van der Waals surface area (Å²) >= 11 is 0. The van der Waals surface area contributed by atoms with Gasteiger partial charge in [-0.25, -0.2) is 0 Å². The molecule has 0 aliphatic carbocycles. The number of nitrogens with one attached hydrogen (secondary N) is 1. The largest absolute Gasteiger partial charge is 0.468 e. The van der Waals surface area contributed by atoms with Crippen LogP contribution in [0.15, 0.2) is 16.7 Å². The molecule has 0 unspecified atom stereocenters. The molecule has 4 heteroatoms. The minimum absolute atomic E-state index is 0.515. The number of likely N-dealkylation sites (N-methyl/N-ethyl adjacent to an activating group) is 1. The SMILES string of the molecule is CC(C)NCc1coc(CN2CCN(C)CC2)c1. The highest BCUT2D eigenvalue weighted by Crippen LogP contribution is 2.12. The Morgan fingerprint density at radius 1 is 1.28 bits per heavy atom. The van der Waals surface area contributed by atoms with Crippen LogP contribution in [0.5, 0.6) is 0 Å². The Balaban J connectivity index is 1.79. The average Bonchev–Trinajstić information content (AvgIpc) is 2.77. The zero-order chi connectivity index (χ0) is 13.0. The highest BCUT2D eigenvalue weighted by molar-refractivity contribution is 5.12. The average molecular weight is 251 g/mol. The maximum atomic E-state index is 5.63. The predicted octanol–water partition coefficient (Wildman–Crippen LogP) is 1.52. The van der Waals surface area contributed by atoms with E-state index >= 15 is 0 Å². The fourth-order valence-corrected chi connectivity index (χ4v) is 2.15. The molecule has 0 radical (unpaired) electrons. The second kappa shape index (κ2) is 6.36. The van der Waals surface area contributed by atoms with Crippen LogP contribution in [0.1, 0.15) is 25.2 Å². The van der Waals surface area contributed by atoms with E-state index in [-0.39, 0.29) is 0 Å². The molecule has 0 bridgehead atoms. The molecule has 1 aliphatic heterocycles. The van der Waals surface area contributed by atoms with Crippen molar-refractivity contribution in [2.75, 3.05) is 33.2 Å². The Morgan fingerprint density at radius 3 is 2.67 bits per heavy atom. The van der Waals surface area contributed by atoms with Crippen LogP contribution in [-0.4, -0.2) is 49.1 Å². The lowest BCUT2D eigenvalue weighted by molar-refractivity contribution is 0.140. The number of nitrogens with zero attached hydrogens (tertiary/aromatic N) is 2. The lowest BCUT2D eigenvalue weighted by atomic mass is 10.2. The summed E-state index contributed by atoms with van der Waals surface area (Å²) in [5.41, 5.74) is 1.24. The Labute approximate surface area is 110 Å². The van der Waals surface area contributed by atoms with E-state index in [1.165, 1.54) is 5.56 Å². The minimum atomic E-state index is 0.515. The number of hydrogen-bond acceptors (Lipinski definition) is 4. The van der Waals surface area contributed by atoms with Crippen molar-refractivity contribution in [3.63, 3.8) is 0 Å². The molecule has 1 aromatic heterocycles. The third kappa shape index (κ3) is 4.12. The maximum Gasteiger partial charge on any atom is 0.118 e. The molecule has 1 saturated heterocycles. The van der Waals surface area contributed by atoms with Crippen molar-refractivity contribution >= 4 is 0 Å². The highest BCUT2D eigenvalue weighted by atomic mass is 16.3. The molecule has 2 heterocycles. The lowest BCUT2D eigenvalue weighted by Gasteiger charge is -2.31. The zero-order valence-corrected chi connectivity index (χ0v) is 11.8. The van der Waals surface area contributed by atoms with Gasteiger partial charge in [0.25, 0.3) is 0 Å². The van der Waals surface area contributed by atoms with Crippen molar-refractivity contribution in [2.45, 2.75) is 33.0 Å². The smallest absolute Gasteiger partial charge is 0.118 e. The number of piperazine rings is 1. The third-order valence-corrected chi connectivity index (χ3v) is 3.40. The van der Waals surface area contributed by atoms with Crippen LogP contribution in [0.4, 0.5) is 0 Å². The molecule has 4 nitrogen and oxygen atoms in total. The Bertz CT molecular complexity index is 354. The van der Waals surface area contributed by atoms with Crippen molar-refractivity contribution in [3.05, 3.63) is 23.7 Å². The van der Waals surface area contributed by atoms with E-state index in [9.17, 15) is 0 Å². The van der Waals surface area contributed by atoms with E-state index < -0.39 is 0 Å². The van der Waals surface area contributed by atoms with Crippen molar-refractivity contribution in [3.8, 4) is 0 Å². The first-order valence-electron chi connectivity index (χ1n) is 6.84. The molecule has 0 amide bonds. The molecule has 0 spiro atoms. The van der Waals surface area contributed by atoms with Gasteiger partial charge < -0.3 is 14.6 Å². The highest BCUT2D eigenvalue weighted by Gasteiger charge is 2.15. The van der Waals surface area contributed by atoms with E-state index in [1.54, 1.807) is 0 Å². The third-order valence-electron chi connectivity index (χ3n) is 3.40. The zero-order valence-electron chi connectivity index (χ0n) is 11.8. The van der Waals surface area contributed by atoms with Crippen molar-refractivity contribution in [1.29, 1.82) is 0 Å². The van der Waals surface area contributed by atoms with Crippen LogP contribution in [-0.2, 0) is 13.1 Å². The standard InChI is InChI=1S/C14H25N3O/c1-12(2)15-9-13-8-14(18-11-13)10-17-6-4-16(3)5-7-17/h8,11-12,15H,4-7,9-10H2,1-3H3. The predicted molar refractivity (Wildman–Crippen MR) is 73.5 cm³/mol. The first-order chi connectivity index (χ1) is 8.63. The van der Waals surface area contributed by atoms with Crippen molar-refractivity contribution in [2.24, 2.45) is 0 Å². The number of hydrogen-bond donors (Lipinski definition) is 1. The fourth-order valence-electron chi connectivity index (χ4n) is 2.15. The summed E-state index contributed by atoms with van der Waals surface area (Å²) in [5, 5.41) is 3.40. The Kier molecular flexibility index (Phi) is 4.80. The van der Waals surface area contributed by atoms with Crippen LogP contribution in [0.2, 0.25) is 0 Å². The molecule has 18 heavy (non-hydrogen) atoms. The van der Waals surface area contributed by atoms with Gasteiger partial charge in [-0.3, -0.25) is 4.90 Å². The normalized spacial score (nSPS) is 18.7. The quantitative estimate of drug-likeness (QED) is 0.860. The van der Waals surface area contributed by atoms with E-state index in [2.05, 4.69) is 42.1 Å². The monoisotopic (exact) mass is 251 g/mol. The molecule has 1 N–H and O–H groups in total. The van der Waals surface area contributed by atoms with Crippen molar-refractivity contribution in [1.82, 2.24) is 15.1 Å². The summed E-state index contributed by atoms with van der Waals surface area (Å²) in [6.45, 7) is 10.7. The van der Waals surface area contributed by atoms with E-state index in [0.29, 0.717) is 6.04 Å². The first-order valence-corrected chi connectivity index (χ1v) is 6.84. The minimum Gasteiger partial charge on any atom is -0.468 e. The second-order valence-corrected chi connectivity index (χ2v) is 5.54. The summed E-state index contributed by atoms with van der Waals surface area (Å²) in [5.74, 6) is 1.08. The van der Waals surface area contributed by atoms with Gasteiger partial charge in [-0.1, -0.05) is 13.8 Å². The van der Waals surface area contributed by atoms with E-state index in [1.807, 2.05) is 6.26 Å². The fraction of sp³-hybridized carbons (Fsp3) is 0.714. The summed E-state index contributed by atoms with van der Waals surface area (Å²) in [4.78, 5) is 4.83. The van der Waals surface area contributed by atoms with Gasteiger partial charge in [-0.15, -0.1) is 0 Å². The Morgan fingerprint density at radius 2 is 2.00 bits per heavy atom. The first kappa shape index (κ1) is 13.6. The summed E-state index contributed by atoms with van der Waals surface area (Å²) < 4.78 is 5.63. The molecule has 102 valence electrons. The molecular weight excluding hydrogens is 226 g/mol. The molecule has 0 saturated carbocycles. The molecular formula is C14H25N3O. The maximum absolute atomic E-state index is 5.63. The van der Waals surface area contributed by atoms with Crippen molar-refractivity contribution < 1.29 is 4.42 Å². The molecule has 2 rings (SSSR count). The topological polar surface area (TPSA) is 31.7 Å².